The van der Waals surface area contributed by atoms with Crippen LogP contribution in [0.4, 0.5) is 0 Å². The molecule has 0 saturated carbocycles. The second kappa shape index (κ2) is 10.8. The van der Waals surface area contributed by atoms with Crippen molar-refractivity contribution in [2.45, 2.75) is 31.8 Å². The molecule has 1 aromatic rings. The van der Waals surface area contributed by atoms with Crippen molar-refractivity contribution in [2.24, 2.45) is 5.73 Å². The highest BCUT2D eigenvalue weighted by Crippen LogP contribution is 2.04. The van der Waals surface area contributed by atoms with Crippen LogP contribution in [0.15, 0.2) is 30.3 Å². The van der Waals surface area contributed by atoms with Crippen molar-refractivity contribution < 1.29 is 29.0 Å². The van der Waals surface area contributed by atoms with Crippen LogP contribution in [-0.4, -0.2) is 54.1 Å². The molecule has 9 heteroatoms. The van der Waals surface area contributed by atoms with Crippen molar-refractivity contribution in [3.63, 3.8) is 0 Å². The van der Waals surface area contributed by atoms with Gasteiger partial charge in [-0.05, 0) is 12.5 Å². The van der Waals surface area contributed by atoms with Gasteiger partial charge >= 0.3 is 11.9 Å². The fourth-order valence-corrected chi connectivity index (χ4v) is 2.11. The summed E-state index contributed by atoms with van der Waals surface area (Å²) in [4.78, 5) is 46.4. The molecule has 5 N–H and O–H groups in total. The predicted octanol–water partition coefficient (Wildman–Crippen LogP) is -0.805. The van der Waals surface area contributed by atoms with E-state index >= 15 is 0 Å². The Morgan fingerprint density at radius 1 is 1.15 bits per heavy atom. The van der Waals surface area contributed by atoms with E-state index in [1.807, 2.05) is 0 Å². The Labute approximate surface area is 150 Å². The molecule has 0 fully saturated rings. The van der Waals surface area contributed by atoms with E-state index in [-0.39, 0.29) is 19.6 Å². The largest absolute Gasteiger partial charge is 0.481 e. The molecule has 2 amide bonds. The monoisotopic (exact) mass is 365 g/mol. The third-order valence-corrected chi connectivity index (χ3v) is 3.36. The molecule has 1 aromatic carbocycles. The second-order valence-electron chi connectivity index (χ2n) is 5.48. The summed E-state index contributed by atoms with van der Waals surface area (Å²) in [6.45, 7) is 1.49. The Morgan fingerprint density at radius 2 is 1.81 bits per heavy atom. The van der Waals surface area contributed by atoms with Gasteiger partial charge in [0, 0.05) is 6.42 Å². The molecule has 0 saturated heterocycles. The zero-order chi connectivity index (χ0) is 19.5. The molecule has 0 aliphatic carbocycles. The minimum Gasteiger partial charge on any atom is -0.481 e. The highest BCUT2D eigenvalue weighted by molar-refractivity contribution is 5.92. The Balaban J connectivity index is 2.77. The van der Waals surface area contributed by atoms with Crippen molar-refractivity contribution >= 4 is 23.8 Å². The highest BCUT2D eigenvalue weighted by Gasteiger charge is 2.25. The lowest BCUT2D eigenvalue weighted by atomic mass is 10.0. The smallest absolute Gasteiger partial charge is 0.325 e. The van der Waals surface area contributed by atoms with Crippen LogP contribution >= 0.6 is 0 Å². The average Bonchev–Trinajstić information content (AvgIpc) is 2.59. The Kier molecular flexibility index (Phi) is 8.79. The number of carboxylic acids is 1. The molecule has 1 rings (SSSR count). The molecular formula is C17H23N3O6. The van der Waals surface area contributed by atoms with Crippen LogP contribution in [0.2, 0.25) is 0 Å². The van der Waals surface area contributed by atoms with Crippen LogP contribution in [0.1, 0.15) is 18.9 Å². The molecule has 0 radical (unpaired) electrons. The number of carbonyl (C=O) groups excluding carboxylic acids is 3. The standard InChI is InChI=1S/C17H23N3O6/c1-2-26-15(23)10-19-17(25)13(8-11-6-4-3-5-7-11)20-16(24)12(18)9-14(21)22/h3-7,12-13H,2,8-10,18H2,1H3,(H,19,25)(H,20,24)(H,21,22)/t12-,13-/m0/s1. The maximum atomic E-state index is 12.3. The van der Waals surface area contributed by atoms with Gasteiger partial charge in [-0.3, -0.25) is 19.2 Å². The summed E-state index contributed by atoms with van der Waals surface area (Å²) in [5, 5.41) is 13.5. The number of ether oxygens (including phenoxy) is 1. The molecule has 0 bridgehead atoms. The minimum atomic E-state index is -1.29. The van der Waals surface area contributed by atoms with Gasteiger partial charge in [-0.15, -0.1) is 0 Å². The number of carboxylic acid groups (broad SMARTS) is 1. The molecule has 26 heavy (non-hydrogen) atoms. The van der Waals surface area contributed by atoms with Crippen molar-refractivity contribution in [1.29, 1.82) is 0 Å². The molecule has 142 valence electrons. The van der Waals surface area contributed by atoms with Gasteiger partial charge in [0.15, 0.2) is 0 Å². The number of hydrogen-bond acceptors (Lipinski definition) is 6. The molecular weight excluding hydrogens is 342 g/mol. The third kappa shape index (κ3) is 7.75. The molecule has 0 heterocycles. The first-order valence-electron chi connectivity index (χ1n) is 8.08. The van der Waals surface area contributed by atoms with Crippen molar-refractivity contribution in [2.75, 3.05) is 13.2 Å². The third-order valence-electron chi connectivity index (χ3n) is 3.36. The van der Waals surface area contributed by atoms with Gasteiger partial charge in [0.05, 0.1) is 19.1 Å². The molecule has 9 nitrogen and oxygen atoms in total. The van der Waals surface area contributed by atoms with E-state index in [0.717, 1.165) is 5.56 Å². The minimum absolute atomic E-state index is 0.154. The lowest BCUT2D eigenvalue weighted by Gasteiger charge is -2.20. The van der Waals surface area contributed by atoms with E-state index in [4.69, 9.17) is 15.6 Å². The predicted molar refractivity (Wildman–Crippen MR) is 91.9 cm³/mol. The van der Waals surface area contributed by atoms with Crippen molar-refractivity contribution in [3.05, 3.63) is 35.9 Å². The maximum absolute atomic E-state index is 12.3. The van der Waals surface area contributed by atoms with E-state index in [2.05, 4.69) is 10.6 Å². The molecule has 0 spiro atoms. The summed E-state index contributed by atoms with van der Waals surface area (Å²) in [7, 11) is 0. The zero-order valence-corrected chi connectivity index (χ0v) is 14.4. The van der Waals surface area contributed by atoms with E-state index in [0.29, 0.717) is 0 Å². The van der Waals surface area contributed by atoms with Gasteiger partial charge < -0.3 is 26.2 Å². The van der Waals surface area contributed by atoms with Crippen LogP contribution in [0, 0.1) is 0 Å². The van der Waals surface area contributed by atoms with Crippen LogP contribution in [0.5, 0.6) is 0 Å². The Morgan fingerprint density at radius 3 is 2.38 bits per heavy atom. The molecule has 0 aliphatic rings. The van der Waals surface area contributed by atoms with Crippen LogP contribution in [0.25, 0.3) is 0 Å². The van der Waals surface area contributed by atoms with Crippen molar-refractivity contribution in [1.82, 2.24) is 10.6 Å². The molecule has 2 atom stereocenters. The van der Waals surface area contributed by atoms with E-state index in [9.17, 15) is 19.2 Å². The van der Waals surface area contributed by atoms with Crippen LogP contribution < -0.4 is 16.4 Å². The van der Waals surface area contributed by atoms with E-state index < -0.39 is 42.3 Å². The maximum Gasteiger partial charge on any atom is 0.325 e. The first kappa shape index (κ1) is 21.1. The summed E-state index contributed by atoms with van der Waals surface area (Å²) in [5.74, 6) is -3.19. The normalized spacial score (nSPS) is 12.5. The summed E-state index contributed by atoms with van der Waals surface area (Å²) in [6, 6.07) is 6.61. The highest BCUT2D eigenvalue weighted by atomic mass is 16.5. The summed E-state index contributed by atoms with van der Waals surface area (Å²) in [6.07, 6.45) is -0.407. The average molecular weight is 365 g/mol. The van der Waals surface area contributed by atoms with Gasteiger partial charge in [0.2, 0.25) is 11.8 Å². The number of carbonyl (C=O) groups is 4. The Hall–Kier alpha value is -2.94. The summed E-state index contributed by atoms with van der Waals surface area (Å²) < 4.78 is 4.73. The van der Waals surface area contributed by atoms with E-state index in [1.165, 1.54) is 0 Å². The fourth-order valence-electron chi connectivity index (χ4n) is 2.11. The Bertz CT molecular complexity index is 635. The first-order valence-corrected chi connectivity index (χ1v) is 8.08. The van der Waals surface area contributed by atoms with Gasteiger partial charge in [0.1, 0.15) is 12.6 Å². The number of esters is 1. The SMILES string of the molecule is CCOC(=O)CNC(=O)[C@H](Cc1ccccc1)NC(=O)[C@@H](N)CC(=O)O. The van der Waals surface area contributed by atoms with Gasteiger partial charge in [-0.1, -0.05) is 30.3 Å². The molecule has 0 aromatic heterocycles. The summed E-state index contributed by atoms with van der Waals surface area (Å²) in [5.41, 5.74) is 6.30. The topological polar surface area (TPSA) is 148 Å². The van der Waals surface area contributed by atoms with Crippen LogP contribution in [-0.2, 0) is 30.3 Å². The fraction of sp³-hybridized carbons (Fsp3) is 0.412. The number of amides is 2. The van der Waals surface area contributed by atoms with E-state index in [1.54, 1.807) is 37.3 Å². The molecule has 0 aliphatic heterocycles. The number of benzene rings is 1. The summed E-state index contributed by atoms with van der Waals surface area (Å²) >= 11 is 0. The number of nitrogens with one attached hydrogen (secondary N) is 2. The number of aliphatic carboxylic acids is 1. The van der Waals surface area contributed by atoms with Crippen LogP contribution in [0.3, 0.4) is 0 Å². The van der Waals surface area contributed by atoms with Crippen molar-refractivity contribution in [3.8, 4) is 0 Å². The lowest BCUT2D eigenvalue weighted by Crippen LogP contribution is -2.53. The zero-order valence-electron chi connectivity index (χ0n) is 14.4. The quantitative estimate of drug-likeness (QED) is 0.397. The van der Waals surface area contributed by atoms with Gasteiger partial charge in [-0.25, -0.2) is 0 Å². The first-order chi connectivity index (χ1) is 12.3. The lowest BCUT2D eigenvalue weighted by molar-refractivity contribution is -0.144. The van der Waals surface area contributed by atoms with Gasteiger partial charge in [0.25, 0.3) is 0 Å². The van der Waals surface area contributed by atoms with Gasteiger partial charge in [-0.2, -0.15) is 0 Å². The number of rotatable bonds is 10. The molecule has 0 unspecified atom stereocenters. The number of hydrogen-bond donors (Lipinski definition) is 4. The number of nitrogens with two attached hydrogens (primary N) is 1. The second-order valence-corrected chi connectivity index (χ2v) is 5.48.